The SMILES string of the molecule is Nc1cc(C(=O)Nc2cnoc2)ccc1Br. The Hall–Kier alpha value is -1.82. The molecule has 5 nitrogen and oxygen atoms in total. The van der Waals surface area contributed by atoms with Crippen LogP contribution < -0.4 is 11.1 Å². The van der Waals surface area contributed by atoms with Crippen molar-refractivity contribution in [1.82, 2.24) is 5.16 Å². The minimum atomic E-state index is -0.262. The zero-order valence-electron chi connectivity index (χ0n) is 8.11. The summed E-state index contributed by atoms with van der Waals surface area (Å²) in [6.45, 7) is 0. The number of nitrogens with one attached hydrogen (secondary N) is 1. The van der Waals surface area contributed by atoms with Crippen LogP contribution in [0.15, 0.2) is 39.7 Å². The second kappa shape index (κ2) is 4.36. The Morgan fingerprint density at radius 2 is 2.31 bits per heavy atom. The fourth-order valence-electron chi connectivity index (χ4n) is 1.15. The number of rotatable bonds is 2. The first-order valence-corrected chi connectivity index (χ1v) is 5.22. The van der Waals surface area contributed by atoms with E-state index in [9.17, 15) is 4.79 Å². The Labute approximate surface area is 99.7 Å². The molecule has 0 aliphatic rings. The highest BCUT2D eigenvalue weighted by atomic mass is 79.9. The van der Waals surface area contributed by atoms with Gasteiger partial charge in [-0.15, -0.1) is 0 Å². The van der Waals surface area contributed by atoms with Gasteiger partial charge in [-0.05, 0) is 34.1 Å². The number of carbonyl (C=O) groups excluding carboxylic acids is 1. The number of anilines is 2. The molecule has 1 aromatic heterocycles. The summed E-state index contributed by atoms with van der Waals surface area (Å²) in [5.41, 5.74) is 7.17. The zero-order chi connectivity index (χ0) is 11.5. The molecule has 2 aromatic rings. The molecule has 1 heterocycles. The van der Waals surface area contributed by atoms with Crippen LogP contribution in [0.1, 0.15) is 10.4 Å². The molecule has 82 valence electrons. The van der Waals surface area contributed by atoms with E-state index in [1.54, 1.807) is 18.2 Å². The first-order valence-electron chi connectivity index (χ1n) is 4.42. The number of carbonyl (C=O) groups is 1. The van der Waals surface area contributed by atoms with E-state index in [1.807, 2.05) is 0 Å². The predicted molar refractivity (Wildman–Crippen MR) is 63.0 cm³/mol. The number of amides is 1. The van der Waals surface area contributed by atoms with Crippen LogP contribution in [0.5, 0.6) is 0 Å². The predicted octanol–water partition coefficient (Wildman–Crippen LogP) is 2.27. The van der Waals surface area contributed by atoms with Crippen molar-refractivity contribution in [3.05, 3.63) is 40.7 Å². The number of halogens is 1. The molecule has 16 heavy (non-hydrogen) atoms. The average Bonchev–Trinajstić information content (AvgIpc) is 2.74. The van der Waals surface area contributed by atoms with E-state index < -0.39 is 0 Å². The fourth-order valence-corrected chi connectivity index (χ4v) is 1.40. The lowest BCUT2D eigenvalue weighted by molar-refractivity contribution is 0.102. The van der Waals surface area contributed by atoms with Crippen molar-refractivity contribution in [2.75, 3.05) is 11.1 Å². The van der Waals surface area contributed by atoms with Crippen LogP contribution in [0, 0.1) is 0 Å². The molecule has 0 spiro atoms. The van der Waals surface area contributed by atoms with Gasteiger partial charge in [0.1, 0.15) is 12.0 Å². The molecule has 3 N–H and O–H groups in total. The van der Waals surface area contributed by atoms with Gasteiger partial charge in [-0.25, -0.2) is 0 Å². The summed E-state index contributed by atoms with van der Waals surface area (Å²) in [6, 6.07) is 4.98. The summed E-state index contributed by atoms with van der Waals surface area (Å²) in [7, 11) is 0. The van der Waals surface area contributed by atoms with E-state index in [0.717, 1.165) is 4.47 Å². The zero-order valence-corrected chi connectivity index (χ0v) is 9.69. The summed E-state index contributed by atoms with van der Waals surface area (Å²) >= 11 is 3.26. The maximum Gasteiger partial charge on any atom is 0.255 e. The molecule has 0 saturated carbocycles. The lowest BCUT2D eigenvalue weighted by atomic mass is 10.2. The summed E-state index contributed by atoms with van der Waals surface area (Å²) in [4.78, 5) is 11.7. The van der Waals surface area contributed by atoms with Gasteiger partial charge in [-0.1, -0.05) is 5.16 Å². The molecule has 0 bridgehead atoms. The molecule has 2 rings (SSSR count). The first-order chi connectivity index (χ1) is 7.66. The number of nitrogen functional groups attached to an aromatic ring is 1. The van der Waals surface area contributed by atoms with E-state index in [2.05, 4.69) is 30.9 Å². The molecular weight excluding hydrogens is 274 g/mol. The van der Waals surface area contributed by atoms with Crippen molar-refractivity contribution in [2.45, 2.75) is 0 Å². The van der Waals surface area contributed by atoms with Gasteiger partial charge in [0.05, 0.1) is 6.20 Å². The Kier molecular flexibility index (Phi) is 2.91. The maximum absolute atomic E-state index is 11.7. The van der Waals surface area contributed by atoms with Crippen LogP contribution in [-0.2, 0) is 0 Å². The van der Waals surface area contributed by atoms with Gasteiger partial charge in [-0.2, -0.15) is 0 Å². The van der Waals surface area contributed by atoms with Crippen LogP contribution in [-0.4, -0.2) is 11.1 Å². The van der Waals surface area contributed by atoms with Crippen LogP contribution in [0.3, 0.4) is 0 Å². The van der Waals surface area contributed by atoms with Crippen LogP contribution in [0.25, 0.3) is 0 Å². The van der Waals surface area contributed by atoms with Gasteiger partial charge >= 0.3 is 0 Å². The second-order valence-electron chi connectivity index (χ2n) is 3.10. The van der Waals surface area contributed by atoms with Crippen molar-refractivity contribution in [1.29, 1.82) is 0 Å². The molecule has 0 fully saturated rings. The minimum absolute atomic E-state index is 0.262. The quantitative estimate of drug-likeness (QED) is 0.828. The molecule has 1 amide bonds. The third-order valence-electron chi connectivity index (χ3n) is 1.95. The molecule has 0 radical (unpaired) electrons. The Bertz CT molecular complexity index is 511. The Morgan fingerprint density at radius 1 is 1.50 bits per heavy atom. The van der Waals surface area contributed by atoms with Gasteiger partial charge in [0.2, 0.25) is 0 Å². The van der Waals surface area contributed by atoms with E-state index >= 15 is 0 Å². The van der Waals surface area contributed by atoms with Crippen molar-refractivity contribution in [3.63, 3.8) is 0 Å². The van der Waals surface area contributed by atoms with Crippen LogP contribution in [0.4, 0.5) is 11.4 Å². The van der Waals surface area contributed by atoms with Gasteiger partial charge in [0.15, 0.2) is 0 Å². The molecule has 0 atom stereocenters. The normalized spacial score (nSPS) is 10.1. The average molecular weight is 282 g/mol. The lowest BCUT2D eigenvalue weighted by Crippen LogP contribution is -2.11. The monoisotopic (exact) mass is 281 g/mol. The molecule has 0 saturated heterocycles. The third-order valence-corrected chi connectivity index (χ3v) is 2.67. The van der Waals surface area contributed by atoms with E-state index in [0.29, 0.717) is 16.9 Å². The first kappa shape index (κ1) is 10.7. The third kappa shape index (κ3) is 2.22. The topological polar surface area (TPSA) is 81.2 Å². The number of benzene rings is 1. The number of nitrogens with zero attached hydrogens (tertiary/aromatic N) is 1. The van der Waals surface area contributed by atoms with E-state index in [-0.39, 0.29) is 5.91 Å². The number of hydrogen-bond acceptors (Lipinski definition) is 4. The smallest absolute Gasteiger partial charge is 0.255 e. The highest BCUT2D eigenvalue weighted by molar-refractivity contribution is 9.10. The summed E-state index contributed by atoms with van der Waals surface area (Å²) in [6.07, 6.45) is 2.76. The lowest BCUT2D eigenvalue weighted by Gasteiger charge is -2.03. The number of aromatic nitrogens is 1. The van der Waals surface area contributed by atoms with E-state index in [4.69, 9.17) is 5.73 Å². The van der Waals surface area contributed by atoms with Gasteiger partial charge in [0, 0.05) is 15.7 Å². The van der Waals surface area contributed by atoms with Gasteiger partial charge < -0.3 is 15.6 Å². The highest BCUT2D eigenvalue weighted by Crippen LogP contribution is 2.20. The molecular formula is C10H8BrN3O2. The van der Waals surface area contributed by atoms with Crippen molar-refractivity contribution < 1.29 is 9.32 Å². The molecule has 0 unspecified atom stereocenters. The molecule has 0 aliphatic carbocycles. The van der Waals surface area contributed by atoms with Gasteiger partial charge in [0.25, 0.3) is 5.91 Å². The molecule has 0 aliphatic heterocycles. The minimum Gasteiger partial charge on any atom is -0.398 e. The van der Waals surface area contributed by atoms with Crippen molar-refractivity contribution in [3.8, 4) is 0 Å². The van der Waals surface area contributed by atoms with Crippen LogP contribution >= 0.6 is 15.9 Å². The maximum atomic E-state index is 11.7. The second-order valence-corrected chi connectivity index (χ2v) is 3.96. The summed E-state index contributed by atoms with van der Waals surface area (Å²) in [5.74, 6) is -0.262. The number of hydrogen-bond donors (Lipinski definition) is 2. The highest BCUT2D eigenvalue weighted by Gasteiger charge is 2.08. The molecule has 1 aromatic carbocycles. The standard InChI is InChI=1S/C10H8BrN3O2/c11-8-2-1-6(3-9(8)12)10(15)14-7-4-13-16-5-7/h1-5H,12H2,(H,14,15). The molecule has 6 heteroatoms. The van der Waals surface area contributed by atoms with Crippen molar-refractivity contribution in [2.24, 2.45) is 0 Å². The number of nitrogens with two attached hydrogens (primary N) is 1. The Balaban J connectivity index is 2.18. The summed E-state index contributed by atoms with van der Waals surface area (Å²) < 4.78 is 5.36. The summed E-state index contributed by atoms with van der Waals surface area (Å²) in [5, 5.41) is 6.10. The van der Waals surface area contributed by atoms with Gasteiger partial charge in [-0.3, -0.25) is 4.79 Å². The Morgan fingerprint density at radius 3 is 2.94 bits per heavy atom. The fraction of sp³-hybridized carbons (Fsp3) is 0. The largest absolute Gasteiger partial charge is 0.398 e. The van der Waals surface area contributed by atoms with Crippen molar-refractivity contribution >= 4 is 33.2 Å². The van der Waals surface area contributed by atoms with Crippen LogP contribution in [0.2, 0.25) is 0 Å². The van der Waals surface area contributed by atoms with E-state index in [1.165, 1.54) is 12.5 Å².